The molecule has 0 radical (unpaired) electrons. The van der Waals surface area contributed by atoms with Gasteiger partial charge in [-0.1, -0.05) is 12.1 Å². The summed E-state index contributed by atoms with van der Waals surface area (Å²) in [5.41, 5.74) is 1.20. The van der Waals surface area contributed by atoms with Crippen LogP contribution in [0.5, 0.6) is 11.5 Å². The third kappa shape index (κ3) is 7.75. The number of aliphatic hydroxyl groups excluding tert-OH is 1. The molecule has 10 nitrogen and oxygen atoms in total. The van der Waals surface area contributed by atoms with Gasteiger partial charge in [0.25, 0.3) is 5.56 Å². The molecule has 4 rings (SSSR count). The quantitative estimate of drug-likeness (QED) is 0.368. The summed E-state index contributed by atoms with van der Waals surface area (Å²) in [5, 5.41) is 9.19. The number of alkyl halides is 3. The number of aliphatic imine (C=N–C) groups is 1. The lowest BCUT2D eigenvalue weighted by atomic mass is 9.94. The van der Waals surface area contributed by atoms with Crippen molar-refractivity contribution in [1.29, 1.82) is 0 Å². The number of halogens is 3. The van der Waals surface area contributed by atoms with Gasteiger partial charge in [-0.15, -0.1) is 13.2 Å². The van der Waals surface area contributed by atoms with Crippen molar-refractivity contribution >= 4 is 11.7 Å². The Labute approximate surface area is 233 Å². The number of ether oxygens (including phenoxy) is 3. The van der Waals surface area contributed by atoms with Crippen molar-refractivity contribution in [3.8, 4) is 11.5 Å². The van der Waals surface area contributed by atoms with E-state index in [1.54, 1.807) is 6.20 Å². The molecule has 1 unspecified atom stereocenters. The third-order valence-corrected chi connectivity index (χ3v) is 6.55. The number of benzene rings is 1. The fraction of sp³-hybridized carbons (Fsp3) is 0.429. The van der Waals surface area contributed by atoms with Crippen LogP contribution in [0.15, 0.2) is 57.2 Å². The minimum Gasteiger partial charge on any atom is -0.490 e. The zero-order valence-corrected chi connectivity index (χ0v) is 22.7. The molecule has 1 N–H and O–H groups in total. The molecular weight excluding hydrogens is 545 g/mol. The number of pyridine rings is 1. The Morgan fingerprint density at radius 3 is 2.56 bits per heavy atom. The summed E-state index contributed by atoms with van der Waals surface area (Å²) in [6.45, 7) is 1.81. The molecule has 220 valence electrons. The SMILES string of the molecule is Cc1ccc(CC2CCc3c(n(C)c(=O)n(CCCO)c3=O)N=C2OCCOc2cccc(OC(F)(F)F)c2)cn1. The topological polar surface area (TPSA) is 117 Å². The van der Waals surface area contributed by atoms with E-state index in [1.807, 2.05) is 19.1 Å². The summed E-state index contributed by atoms with van der Waals surface area (Å²) in [6, 6.07) is 9.01. The normalized spacial score (nSPS) is 15.1. The minimum atomic E-state index is -4.82. The summed E-state index contributed by atoms with van der Waals surface area (Å²) in [7, 11) is 1.53. The van der Waals surface area contributed by atoms with Gasteiger partial charge < -0.3 is 19.3 Å². The molecule has 2 aromatic heterocycles. The summed E-state index contributed by atoms with van der Waals surface area (Å²) in [5.74, 6) is 0.0210. The van der Waals surface area contributed by atoms with Gasteiger partial charge in [-0.25, -0.2) is 4.79 Å². The van der Waals surface area contributed by atoms with Crippen LogP contribution in [0.2, 0.25) is 0 Å². The van der Waals surface area contributed by atoms with E-state index in [2.05, 4.69) is 14.7 Å². The van der Waals surface area contributed by atoms with Crippen LogP contribution in [-0.4, -0.2) is 51.3 Å². The number of fused-ring (bicyclic) bond motifs is 1. The first-order valence-corrected chi connectivity index (χ1v) is 13.1. The Hall–Kier alpha value is -4.13. The zero-order chi connectivity index (χ0) is 29.6. The minimum absolute atomic E-state index is 0.00266. The Balaban J connectivity index is 1.57. The highest BCUT2D eigenvalue weighted by Gasteiger charge is 2.31. The van der Waals surface area contributed by atoms with Gasteiger partial charge in [-0.2, -0.15) is 4.99 Å². The maximum atomic E-state index is 13.2. The number of hydrogen-bond donors (Lipinski definition) is 1. The number of aliphatic hydroxyl groups is 1. The maximum absolute atomic E-state index is 13.2. The van der Waals surface area contributed by atoms with E-state index in [0.717, 1.165) is 21.9 Å². The van der Waals surface area contributed by atoms with E-state index in [9.17, 15) is 27.9 Å². The monoisotopic (exact) mass is 576 g/mol. The maximum Gasteiger partial charge on any atom is 0.573 e. The largest absolute Gasteiger partial charge is 0.573 e. The number of nitrogens with zero attached hydrogens (tertiary/aromatic N) is 4. The van der Waals surface area contributed by atoms with E-state index in [0.29, 0.717) is 30.7 Å². The molecule has 1 aliphatic heterocycles. The third-order valence-electron chi connectivity index (χ3n) is 6.55. The van der Waals surface area contributed by atoms with Crippen LogP contribution in [0, 0.1) is 12.8 Å². The summed E-state index contributed by atoms with van der Waals surface area (Å²) in [4.78, 5) is 35.2. The Kier molecular flexibility index (Phi) is 9.48. The van der Waals surface area contributed by atoms with Crippen molar-refractivity contribution in [2.24, 2.45) is 18.0 Å². The van der Waals surface area contributed by atoms with Gasteiger partial charge in [-0.05, 0) is 56.4 Å². The lowest BCUT2D eigenvalue weighted by Gasteiger charge is -2.18. The van der Waals surface area contributed by atoms with E-state index < -0.39 is 23.4 Å². The van der Waals surface area contributed by atoms with E-state index >= 15 is 0 Å². The first-order valence-electron chi connectivity index (χ1n) is 13.1. The van der Waals surface area contributed by atoms with Crippen LogP contribution in [0.4, 0.5) is 19.0 Å². The van der Waals surface area contributed by atoms with Crippen LogP contribution < -0.4 is 20.7 Å². The summed E-state index contributed by atoms with van der Waals surface area (Å²) in [6.07, 6.45) is -1.42. The van der Waals surface area contributed by atoms with Crippen molar-refractivity contribution in [2.45, 2.75) is 45.5 Å². The second-order valence-corrected chi connectivity index (χ2v) is 9.59. The summed E-state index contributed by atoms with van der Waals surface area (Å²) < 4.78 is 55.6. The smallest absolute Gasteiger partial charge is 0.490 e. The van der Waals surface area contributed by atoms with E-state index in [4.69, 9.17) is 9.47 Å². The molecule has 0 amide bonds. The van der Waals surface area contributed by atoms with Crippen LogP contribution in [0.3, 0.4) is 0 Å². The summed E-state index contributed by atoms with van der Waals surface area (Å²) >= 11 is 0. The molecular formula is C28H31F3N4O6. The number of aryl methyl sites for hydroxylation is 1. The fourth-order valence-corrected chi connectivity index (χ4v) is 4.55. The van der Waals surface area contributed by atoms with Gasteiger partial charge in [0, 0.05) is 44.1 Å². The molecule has 0 saturated heterocycles. The second-order valence-electron chi connectivity index (χ2n) is 9.59. The number of hydrogen-bond acceptors (Lipinski definition) is 8. The van der Waals surface area contributed by atoms with Gasteiger partial charge in [0.2, 0.25) is 0 Å². The van der Waals surface area contributed by atoms with Crippen LogP contribution in [0.25, 0.3) is 0 Å². The molecule has 1 aliphatic rings. The lowest BCUT2D eigenvalue weighted by Crippen LogP contribution is -2.41. The molecule has 0 spiro atoms. The first-order chi connectivity index (χ1) is 19.6. The molecule has 0 fully saturated rings. The molecule has 1 atom stereocenters. The Morgan fingerprint density at radius 1 is 1.10 bits per heavy atom. The predicted octanol–water partition coefficient (Wildman–Crippen LogP) is 3.46. The average Bonchev–Trinajstić information content (AvgIpc) is 3.10. The van der Waals surface area contributed by atoms with Gasteiger partial charge in [0.05, 0.1) is 5.56 Å². The van der Waals surface area contributed by atoms with Crippen molar-refractivity contribution in [2.75, 3.05) is 19.8 Å². The standard InChI is InChI=1S/C28H31F3N4O6/c1-18-7-8-19(17-32-18)15-20-9-10-23-24(34(2)27(38)35(26(23)37)11-4-12-36)33-25(20)40-14-13-39-21-5-3-6-22(16-21)41-28(29,30)31/h3,5-8,16-17,20,36H,4,9-15H2,1-2H3. The highest BCUT2D eigenvalue weighted by Crippen LogP contribution is 2.28. The van der Waals surface area contributed by atoms with Crippen LogP contribution in [0.1, 0.15) is 29.7 Å². The van der Waals surface area contributed by atoms with Crippen LogP contribution in [-0.2, 0) is 31.2 Å². The van der Waals surface area contributed by atoms with Crippen LogP contribution >= 0.6 is 0 Å². The van der Waals surface area contributed by atoms with Crippen molar-refractivity contribution < 1.29 is 32.5 Å². The van der Waals surface area contributed by atoms with Crippen molar-refractivity contribution in [3.05, 3.63) is 80.3 Å². The first kappa shape index (κ1) is 29.8. The molecule has 0 bridgehead atoms. The van der Waals surface area contributed by atoms with Crippen molar-refractivity contribution in [3.63, 3.8) is 0 Å². The number of rotatable bonds is 10. The molecule has 3 heterocycles. The zero-order valence-electron chi connectivity index (χ0n) is 22.7. The molecule has 13 heteroatoms. The van der Waals surface area contributed by atoms with Gasteiger partial charge >= 0.3 is 12.1 Å². The fourth-order valence-electron chi connectivity index (χ4n) is 4.55. The van der Waals surface area contributed by atoms with Gasteiger partial charge in [0.1, 0.15) is 30.5 Å². The molecule has 41 heavy (non-hydrogen) atoms. The molecule has 3 aromatic rings. The van der Waals surface area contributed by atoms with Crippen molar-refractivity contribution in [1.82, 2.24) is 14.1 Å². The highest BCUT2D eigenvalue weighted by atomic mass is 19.4. The Morgan fingerprint density at radius 2 is 1.85 bits per heavy atom. The van der Waals surface area contributed by atoms with E-state index in [-0.39, 0.29) is 50.3 Å². The molecule has 1 aromatic carbocycles. The van der Waals surface area contributed by atoms with Gasteiger partial charge in [-0.3, -0.25) is 18.9 Å². The highest BCUT2D eigenvalue weighted by molar-refractivity contribution is 5.82. The van der Waals surface area contributed by atoms with E-state index in [1.165, 1.54) is 29.8 Å². The molecule has 0 aliphatic carbocycles. The lowest BCUT2D eigenvalue weighted by molar-refractivity contribution is -0.274. The second kappa shape index (κ2) is 13.0. The number of aromatic nitrogens is 3. The van der Waals surface area contributed by atoms with Gasteiger partial charge in [0.15, 0.2) is 5.90 Å². The molecule has 0 saturated carbocycles. The Bertz CT molecular complexity index is 1500. The predicted molar refractivity (Wildman–Crippen MR) is 144 cm³/mol. The average molecular weight is 577 g/mol.